The van der Waals surface area contributed by atoms with Gasteiger partial charge in [0, 0.05) is 13.2 Å². The van der Waals surface area contributed by atoms with Gasteiger partial charge in [0.1, 0.15) is 0 Å². The topological polar surface area (TPSA) is 21.3 Å². The van der Waals surface area contributed by atoms with Gasteiger partial charge in [-0.15, -0.1) is 0 Å². The molecule has 1 rings (SSSR count). The smallest absolute Gasteiger partial charge is 0.0468 e. The maximum absolute atomic E-state index is 5.31. The van der Waals surface area contributed by atoms with Gasteiger partial charge in [-0.3, -0.25) is 0 Å². The largest absolute Gasteiger partial charge is 0.381 e. The second-order valence-electron chi connectivity index (χ2n) is 3.48. The Hall–Kier alpha value is -0.0800. The molecule has 1 atom stereocenters. The second-order valence-corrected chi connectivity index (χ2v) is 3.48. The molecule has 0 aliphatic carbocycles. The van der Waals surface area contributed by atoms with Gasteiger partial charge < -0.3 is 10.1 Å². The van der Waals surface area contributed by atoms with Crippen molar-refractivity contribution in [3.8, 4) is 0 Å². The van der Waals surface area contributed by atoms with Gasteiger partial charge in [0.15, 0.2) is 0 Å². The molecular formula is C9H19NO. The summed E-state index contributed by atoms with van der Waals surface area (Å²) in [5, 5.41) is 3.22. The van der Waals surface area contributed by atoms with Crippen molar-refractivity contribution in [2.24, 2.45) is 11.8 Å². The molecule has 2 nitrogen and oxygen atoms in total. The van der Waals surface area contributed by atoms with Crippen LogP contribution in [0.2, 0.25) is 0 Å². The van der Waals surface area contributed by atoms with Crippen LogP contribution in [-0.2, 0) is 4.74 Å². The molecule has 0 bridgehead atoms. The van der Waals surface area contributed by atoms with Crippen LogP contribution in [0.1, 0.15) is 19.8 Å². The van der Waals surface area contributed by atoms with Crippen LogP contribution in [0.25, 0.3) is 0 Å². The fourth-order valence-corrected chi connectivity index (χ4v) is 1.77. The van der Waals surface area contributed by atoms with E-state index in [4.69, 9.17) is 4.74 Å². The SMILES string of the molecule is CNCC(C)C1CCOCC1. The lowest BCUT2D eigenvalue weighted by Gasteiger charge is -2.27. The highest BCUT2D eigenvalue weighted by Gasteiger charge is 2.19. The van der Waals surface area contributed by atoms with Crippen molar-refractivity contribution in [3.63, 3.8) is 0 Å². The van der Waals surface area contributed by atoms with E-state index in [1.54, 1.807) is 0 Å². The zero-order valence-corrected chi connectivity index (χ0v) is 7.60. The third kappa shape index (κ3) is 2.80. The van der Waals surface area contributed by atoms with Crippen LogP contribution in [0.15, 0.2) is 0 Å². The lowest BCUT2D eigenvalue weighted by molar-refractivity contribution is 0.0498. The summed E-state index contributed by atoms with van der Waals surface area (Å²) in [6.07, 6.45) is 2.51. The summed E-state index contributed by atoms with van der Waals surface area (Å²) in [6.45, 7) is 5.41. The molecule has 1 N–H and O–H groups in total. The van der Waals surface area contributed by atoms with Crippen molar-refractivity contribution >= 4 is 0 Å². The third-order valence-electron chi connectivity index (χ3n) is 2.60. The molecule has 0 amide bonds. The van der Waals surface area contributed by atoms with E-state index in [1.807, 2.05) is 7.05 Å². The van der Waals surface area contributed by atoms with E-state index in [0.29, 0.717) is 0 Å². The molecule has 2 heteroatoms. The van der Waals surface area contributed by atoms with Gasteiger partial charge >= 0.3 is 0 Å². The first-order chi connectivity index (χ1) is 5.34. The van der Waals surface area contributed by atoms with Gasteiger partial charge in [0.05, 0.1) is 0 Å². The summed E-state index contributed by atoms with van der Waals surface area (Å²) >= 11 is 0. The van der Waals surface area contributed by atoms with Crippen molar-refractivity contribution in [3.05, 3.63) is 0 Å². The molecular weight excluding hydrogens is 138 g/mol. The molecule has 1 aliphatic heterocycles. The molecule has 1 fully saturated rings. The summed E-state index contributed by atoms with van der Waals surface area (Å²) in [7, 11) is 2.02. The Morgan fingerprint density at radius 2 is 2.09 bits per heavy atom. The third-order valence-corrected chi connectivity index (χ3v) is 2.60. The average Bonchev–Trinajstić information content (AvgIpc) is 2.07. The first kappa shape index (κ1) is 9.01. The zero-order valence-electron chi connectivity index (χ0n) is 7.60. The Morgan fingerprint density at radius 1 is 1.45 bits per heavy atom. The van der Waals surface area contributed by atoms with Crippen LogP contribution >= 0.6 is 0 Å². The van der Waals surface area contributed by atoms with Gasteiger partial charge in [0.2, 0.25) is 0 Å². The summed E-state index contributed by atoms with van der Waals surface area (Å²) in [5.41, 5.74) is 0. The van der Waals surface area contributed by atoms with Gasteiger partial charge in [-0.25, -0.2) is 0 Å². The molecule has 0 aromatic rings. The lowest BCUT2D eigenvalue weighted by Crippen LogP contribution is -2.28. The first-order valence-electron chi connectivity index (χ1n) is 4.57. The zero-order chi connectivity index (χ0) is 8.10. The lowest BCUT2D eigenvalue weighted by atomic mass is 9.87. The Morgan fingerprint density at radius 3 is 2.64 bits per heavy atom. The Bertz CT molecular complexity index is 99.7. The maximum atomic E-state index is 5.31. The van der Waals surface area contributed by atoms with Crippen LogP contribution in [0.3, 0.4) is 0 Å². The Balaban J connectivity index is 2.21. The highest BCUT2D eigenvalue weighted by Crippen LogP contribution is 2.22. The van der Waals surface area contributed by atoms with E-state index in [9.17, 15) is 0 Å². The number of nitrogens with one attached hydrogen (secondary N) is 1. The van der Waals surface area contributed by atoms with Crippen LogP contribution in [-0.4, -0.2) is 26.8 Å². The van der Waals surface area contributed by atoms with Crippen LogP contribution in [0, 0.1) is 11.8 Å². The molecule has 0 saturated carbocycles. The molecule has 66 valence electrons. The summed E-state index contributed by atoms with van der Waals surface area (Å²) in [6, 6.07) is 0. The van der Waals surface area contributed by atoms with E-state index in [2.05, 4.69) is 12.2 Å². The van der Waals surface area contributed by atoms with Crippen molar-refractivity contribution in [1.82, 2.24) is 5.32 Å². The van der Waals surface area contributed by atoms with E-state index < -0.39 is 0 Å². The van der Waals surface area contributed by atoms with E-state index >= 15 is 0 Å². The summed E-state index contributed by atoms with van der Waals surface area (Å²) in [4.78, 5) is 0. The minimum absolute atomic E-state index is 0.809. The van der Waals surface area contributed by atoms with Gasteiger partial charge in [-0.2, -0.15) is 0 Å². The monoisotopic (exact) mass is 157 g/mol. The minimum Gasteiger partial charge on any atom is -0.381 e. The predicted octanol–water partition coefficient (Wildman–Crippen LogP) is 1.27. The molecule has 1 unspecified atom stereocenters. The fraction of sp³-hybridized carbons (Fsp3) is 1.00. The summed E-state index contributed by atoms with van der Waals surface area (Å²) in [5.74, 6) is 1.69. The van der Waals surface area contributed by atoms with Crippen LogP contribution in [0.5, 0.6) is 0 Å². The molecule has 1 aliphatic rings. The standard InChI is InChI=1S/C9H19NO/c1-8(7-10-2)9-3-5-11-6-4-9/h8-10H,3-7H2,1-2H3. The molecule has 0 radical (unpaired) electrons. The fourth-order valence-electron chi connectivity index (χ4n) is 1.77. The average molecular weight is 157 g/mol. The molecule has 0 spiro atoms. The minimum atomic E-state index is 0.809. The molecule has 0 aromatic carbocycles. The normalized spacial score (nSPS) is 23.5. The number of rotatable bonds is 3. The molecule has 11 heavy (non-hydrogen) atoms. The van der Waals surface area contributed by atoms with Crippen LogP contribution in [0.4, 0.5) is 0 Å². The van der Waals surface area contributed by atoms with Crippen molar-refractivity contribution in [2.75, 3.05) is 26.8 Å². The Kier molecular flexibility index (Phi) is 3.87. The van der Waals surface area contributed by atoms with Crippen molar-refractivity contribution in [2.45, 2.75) is 19.8 Å². The predicted molar refractivity (Wildman–Crippen MR) is 46.6 cm³/mol. The molecule has 1 saturated heterocycles. The summed E-state index contributed by atoms with van der Waals surface area (Å²) < 4.78 is 5.31. The number of ether oxygens (including phenoxy) is 1. The second kappa shape index (κ2) is 4.73. The van der Waals surface area contributed by atoms with Gasteiger partial charge in [-0.05, 0) is 38.3 Å². The molecule has 0 aromatic heterocycles. The van der Waals surface area contributed by atoms with E-state index in [1.165, 1.54) is 12.8 Å². The van der Waals surface area contributed by atoms with Crippen LogP contribution < -0.4 is 5.32 Å². The number of hydrogen-bond donors (Lipinski definition) is 1. The van der Waals surface area contributed by atoms with E-state index in [0.717, 1.165) is 31.6 Å². The quantitative estimate of drug-likeness (QED) is 0.666. The van der Waals surface area contributed by atoms with Crippen molar-refractivity contribution < 1.29 is 4.74 Å². The highest BCUT2D eigenvalue weighted by molar-refractivity contribution is 4.70. The Labute approximate surface area is 69.3 Å². The number of hydrogen-bond acceptors (Lipinski definition) is 2. The van der Waals surface area contributed by atoms with Gasteiger partial charge in [0.25, 0.3) is 0 Å². The van der Waals surface area contributed by atoms with Crippen molar-refractivity contribution in [1.29, 1.82) is 0 Å². The maximum Gasteiger partial charge on any atom is 0.0468 e. The van der Waals surface area contributed by atoms with Gasteiger partial charge in [-0.1, -0.05) is 6.92 Å². The molecule has 1 heterocycles. The van der Waals surface area contributed by atoms with E-state index in [-0.39, 0.29) is 0 Å². The highest BCUT2D eigenvalue weighted by atomic mass is 16.5. The first-order valence-corrected chi connectivity index (χ1v) is 4.57.